The number of fused-ring (bicyclic) bond motifs is 1. The average molecular weight is 461 g/mol. The number of nitrogens with zero attached hydrogens (tertiary/aromatic N) is 1. The van der Waals surface area contributed by atoms with Crippen LogP contribution >= 0.6 is 31.9 Å². The Balaban J connectivity index is 1.80. The van der Waals surface area contributed by atoms with E-state index in [1.165, 1.54) is 0 Å². The highest BCUT2D eigenvalue weighted by Crippen LogP contribution is 2.45. The molecule has 0 saturated heterocycles. The van der Waals surface area contributed by atoms with E-state index in [1.807, 2.05) is 36.4 Å². The van der Waals surface area contributed by atoms with Gasteiger partial charge in [-0.2, -0.15) is 0 Å². The minimum atomic E-state index is -0.269. The third kappa shape index (κ3) is 2.81. The highest BCUT2D eigenvalue weighted by Gasteiger charge is 2.19. The summed E-state index contributed by atoms with van der Waals surface area (Å²) in [5, 5.41) is 22.0. The molecular formula is C19H11Br2NO3. The molecule has 0 spiro atoms. The molecule has 4 rings (SSSR count). The van der Waals surface area contributed by atoms with Crippen LogP contribution in [0.25, 0.3) is 33.6 Å². The zero-order valence-corrected chi connectivity index (χ0v) is 15.9. The van der Waals surface area contributed by atoms with Gasteiger partial charge in [-0.15, -0.1) is 0 Å². The maximum Gasteiger partial charge on any atom is 0.228 e. The molecule has 25 heavy (non-hydrogen) atoms. The van der Waals surface area contributed by atoms with E-state index in [4.69, 9.17) is 4.42 Å². The molecule has 0 radical (unpaired) electrons. The van der Waals surface area contributed by atoms with Crippen molar-refractivity contribution in [3.8, 4) is 34.3 Å². The van der Waals surface area contributed by atoms with E-state index in [0.29, 0.717) is 26.2 Å². The molecule has 0 atom stereocenters. The Bertz CT molecular complexity index is 1110. The maximum absolute atomic E-state index is 9.98. The van der Waals surface area contributed by atoms with E-state index in [2.05, 4.69) is 42.9 Å². The number of phenolic OH excluding ortho intramolecular Hbond substituents is 2. The molecular weight excluding hydrogens is 450 g/mol. The van der Waals surface area contributed by atoms with Gasteiger partial charge in [0.2, 0.25) is 5.89 Å². The molecule has 0 aliphatic rings. The predicted octanol–water partition coefficient (Wildman–Crippen LogP) is 6.10. The fourth-order valence-corrected chi connectivity index (χ4v) is 3.52. The van der Waals surface area contributed by atoms with Gasteiger partial charge in [-0.05, 0) is 54.8 Å². The van der Waals surface area contributed by atoms with E-state index in [9.17, 15) is 10.2 Å². The molecule has 4 nitrogen and oxygen atoms in total. The lowest BCUT2D eigenvalue weighted by atomic mass is 10.1. The monoisotopic (exact) mass is 459 g/mol. The van der Waals surface area contributed by atoms with E-state index >= 15 is 0 Å². The van der Waals surface area contributed by atoms with Crippen molar-refractivity contribution in [1.82, 2.24) is 4.98 Å². The first kappa shape index (κ1) is 16.2. The number of aromatic nitrogens is 1. The number of phenols is 2. The van der Waals surface area contributed by atoms with Crippen molar-refractivity contribution in [2.75, 3.05) is 0 Å². The molecule has 124 valence electrons. The maximum atomic E-state index is 9.98. The highest BCUT2D eigenvalue weighted by atomic mass is 79.9. The van der Waals surface area contributed by atoms with Gasteiger partial charge in [-0.1, -0.05) is 36.4 Å². The number of hydrogen-bond donors (Lipinski definition) is 2. The summed E-state index contributed by atoms with van der Waals surface area (Å²) in [4.78, 5) is 4.31. The summed E-state index contributed by atoms with van der Waals surface area (Å²) in [6.07, 6.45) is 1.64. The minimum absolute atomic E-state index is 0.239. The second-order valence-corrected chi connectivity index (χ2v) is 7.16. The summed E-state index contributed by atoms with van der Waals surface area (Å²) in [5.74, 6) is 0.453. The molecule has 0 saturated carbocycles. The highest BCUT2D eigenvalue weighted by molar-refractivity contribution is 9.11. The Morgan fingerprint density at radius 3 is 2.44 bits per heavy atom. The van der Waals surface area contributed by atoms with E-state index in [1.54, 1.807) is 12.3 Å². The SMILES string of the molecule is Oc1c(Br)cc(-c2ncc(-c3ccc4ccccc4c3)o2)c(Br)c1O. The van der Waals surface area contributed by atoms with Crippen LogP contribution in [-0.4, -0.2) is 15.2 Å². The number of aromatic hydroxyl groups is 2. The molecule has 0 unspecified atom stereocenters. The van der Waals surface area contributed by atoms with Gasteiger partial charge in [0.15, 0.2) is 17.3 Å². The topological polar surface area (TPSA) is 66.5 Å². The summed E-state index contributed by atoms with van der Waals surface area (Å²) in [6.45, 7) is 0. The molecule has 1 heterocycles. The first-order chi connectivity index (χ1) is 12.0. The van der Waals surface area contributed by atoms with Gasteiger partial charge < -0.3 is 14.6 Å². The third-order valence-electron chi connectivity index (χ3n) is 3.94. The minimum Gasteiger partial charge on any atom is -0.503 e. The molecule has 0 amide bonds. The summed E-state index contributed by atoms with van der Waals surface area (Å²) < 4.78 is 6.56. The van der Waals surface area contributed by atoms with E-state index in [0.717, 1.165) is 16.3 Å². The molecule has 0 aliphatic heterocycles. The second-order valence-electron chi connectivity index (χ2n) is 5.51. The van der Waals surface area contributed by atoms with Gasteiger partial charge in [0.25, 0.3) is 0 Å². The molecule has 3 aromatic carbocycles. The zero-order chi connectivity index (χ0) is 17.6. The van der Waals surface area contributed by atoms with Crippen LogP contribution in [0.2, 0.25) is 0 Å². The van der Waals surface area contributed by atoms with Crippen molar-refractivity contribution >= 4 is 42.6 Å². The first-order valence-corrected chi connectivity index (χ1v) is 8.98. The van der Waals surface area contributed by atoms with Crippen LogP contribution in [0, 0.1) is 0 Å². The fraction of sp³-hybridized carbons (Fsp3) is 0. The largest absolute Gasteiger partial charge is 0.503 e. The summed E-state index contributed by atoms with van der Waals surface area (Å²) in [6, 6.07) is 15.8. The molecule has 4 aromatic rings. The first-order valence-electron chi connectivity index (χ1n) is 7.40. The van der Waals surface area contributed by atoms with Crippen LogP contribution in [0.3, 0.4) is 0 Å². The molecule has 6 heteroatoms. The predicted molar refractivity (Wildman–Crippen MR) is 104 cm³/mol. The lowest BCUT2D eigenvalue weighted by molar-refractivity contribution is 0.399. The van der Waals surface area contributed by atoms with Crippen LogP contribution in [0.1, 0.15) is 0 Å². The Morgan fingerprint density at radius 1 is 0.880 bits per heavy atom. The normalized spacial score (nSPS) is 11.1. The van der Waals surface area contributed by atoms with Crippen LogP contribution in [0.15, 0.2) is 68.1 Å². The number of halogens is 2. The lowest BCUT2D eigenvalue weighted by Crippen LogP contribution is -1.83. The average Bonchev–Trinajstić information content (AvgIpc) is 3.12. The van der Waals surface area contributed by atoms with Crippen LogP contribution in [0.5, 0.6) is 11.5 Å². The quantitative estimate of drug-likeness (QED) is 0.355. The Morgan fingerprint density at radius 2 is 1.64 bits per heavy atom. The summed E-state index contributed by atoms with van der Waals surface area (Å²) >= 11 is 6.48. The van der Waals surface area contributed by atoms with Gasteiger partial charge >= 0.3 is 0 Å². The lowest BCUT2D eigenvalue weighted by Gasteiger charge is -2.07. The molecule has 1 aromatic heterocycles. The van der Waals surface area contributed by atoms with Crippen molar-refractivity contribution in [2.24, 2.45) is 0 Å². The van der Waals surface area contributed by atoms with Crippen molar-refractivity contribution in [1.29, 1.82) is 0 Å². The molecule has 0 fully saturated rings. The van der Waals surface area contributed by atoms with Crippen molar-refractivity contribution < 1.29 is 14.6 Å². The van der Waals surface area contributed by atoms with E-state index < -0.39 is 0 Å². The smallest absolute Gasteiger partial charge is 0.228 e. The van der Waals surface area contributed by atoms with Gasteiger partial charge in [0.05, 0.1) is 20.7 Å². The van der Waals surface area contributed by atoms with Crippen LogP contribution < -0.4 is 0 Å². The van der Waals surface area contributed by atoms with Gasteiger partial charge in [0, 0.05) is 5.56 Å². The standard InChI is InChI=1S/C19H11Br2NO3/c20-14-8-13(16(21)18(24)17(14)23)19-22-9-15(25-19)12-6-5-10-3-1-2-4-11(10)7-12/h1-9,23-24H. The van der Waals surface area contributed by atoms with Gasteiger partial charge in [-0.25, -0.2) is 4.98 Å². The molecule has 0 aliphatic carbocycles. The Kier molecular flexibility index (Phi) is 4.01. The van der Waals surface area contributed by atoms with Gasteiger partial charge in [-0.3, -0.25) is 0 Å². The van der Waals surface area contributed by atoms with Crippen molar-refractivity contribution in [3.05, 3.63) is 63.7 Å². The van der Waals surface area contributed by atoms with E-state index in [-0.39, 0.29) is 11.5 Å². The van der Waals surface area contributed by atoms with Gasteiger partial charge in [0.1, 0.15) is 0 Å². The number of benzene rings is 3. The van der Waals surface area contributed by atoms with Crippen LogP contribution in [-0.2, 0) is 0 Å². The summed E-state index contributed by atoms with van der Waals surface area (Å²) in [7, 11) is 0. The Hall–Kier alpha value is -2.31. The number of oxazole rings is 1. The zero-order valence-electron chi connectivity index (χ0n) is 12.7. The van der Waals surface area contributed by atoms with Crippen LogP contribution in [0.4, 0.5) is 0 Å². The molecule has 0 bridgehead atoms. The Labute approximate surface area is 160 Å². The third-order valence-corrected chi connectivity index (χ3v) is 5.34. The molecule has 2 N–H and O–H groups in total. The van der Waals surface area contributed by atoms with Crippen molar-refractivity contribution in [2.45, 2.75) is 0 Å². The fourth-order valence-electron chi connectivity index (χ4n) is 2.63. The summed E-state index contributed by atoms with van der Waals surface area (Å²) in [5.41, 5.74) is 1.45. The van der Waals surface area contributed by atoms with Crippen molar-refractivity contribution in [3.63, 3.8) is 0 Å². The number of rotatable bonds is 2. The number of hydrogen-bond acceptors (Lipinski definition) is 4. The second kappa shape index (κ2) is 6.20.